The number of carbonyl (C=O) groups excluding carboxylic acids is 3. The summed E-state index contributed by atoms with van der Waals surface area (Å²) in [6.07, 6.45) is -5.43. The molecule has 0 spiro atoms. The van der Waals surface area contributed by atoms with Gasteiger partial charge in [-0.15, -0.1) is 0 Å². The summed E-state index contributed by atoms with van der Waals surface area (Å²) < 4.78 is 68.8. The number of alkyl halides is 3. The molecule has 2 unspecified atom stereocenters. The maximum Gasteiger partial charge on any atom is 0.432 e. The molecule has 2 heterocycles. The van der Waals surface area contributed by atoms with Gasteiger partial charge in [-0.2, -0.15) is 13.2 Å². The summed E-state index contributed by atoms with van der Waals surface area (Å²) in [6, 6.07) is 6.33. The molecule has 0 bridgehead atoms. The molecule has 35 heavy (non-hydrogen) atoms. The number of rotatable bonds is 6. The molecule has 3 rings (SSSR count). The molecule has 0 amide bonds. The van der Waals surface area contributed by atoms with E-state index in [1.807, 2.05) is 0 Å². The maximum atomic E-state index is 14.3. The first kappa shape index (κ1) is 26.4. The van der Waals surface area contributed by atoms with Crippen LogP contribution in [0.15, 0.2) is 54.6 Å². The maximum absolute atomic E-state index is 14.3. The molecule has 0 N–H and O–H groups in total. The minimum atomic E-state index is -5.19. The third-order valence-corrected chi connectivity index (χ3v) is 5.48. The number of fused-ring (bicyclic) bond motifs is 1. The first-order valence-corrected chi connectivity index (χ1v) is 10.8. The molecule has 0 saturated carbocycles. The lowest BCUT2D eigenvalue weighted by molar-refractivity contribution is -0.279. The largest absolute Gasteiger partial charge is 0.461 e. The van der Waals surface area contributed by atoms with Crippen molar-refractivity contribution in [1.82, 2.24) is 0 Å². The predicted octanol–water partition coefficient (Wildman–Crippen LogP) is 3.15. The number of esters is 3. The molecule has 1 saturated heterocycles. The number of cyclic esters (lactones) is 1. The molecule has 2 aliphatic heterocycles. The fourth-order valence-electron chi connectivity index (χ4n) is 3.73. The SMILES string of the molecule is C/C=C/C(=O)O[C@@H]1C[C@@H](C)OC(=O)C2OC2/C=C/[C@@H]1OC(=O)[C@](OC)(c1ccccc1)C(F)(F)F. The molecule has 2 aliphatic rings. The van der Waals surface area contributed by atoms with E-state index in [-0.39, 0.29) is 6.42 Å². The van der Waals surface area contributed by atoms with Gasteiger partial charge in [0.15, 0.2) is 12.2 Å². The average Bonchev–Trinajstić information content (AvgIpc) is 3.56. The number of methoxy groups -OCH3 is 1. The number of benzene rings is 1. The van der Waals surface area contributed by atoms with Crippen LogP contribution in [0.2, 0.25) is 0 Å². The summed E-state index contributed by atoms with van der Waals surface area (Å²) in [5.74, 6) is -3.20. The lowest BCUT2D eigenvalue weighted by atomic mass is 9.92. The zero-order valence-corrected chi connectivity index (χ0v) is 19.2. The van der Waals surface area contributed by atoms with Crippen LogP contribution in [0.1, 0.15) is 25.8 Å². The van der Waals surface area contributed by atoms with Crippen LogP contribution < -0.4 is 0 Å². The van der Waals surface area contributed by atoms with Crippen molar-refractivity contribution >= 4 is 17.9 Å². The van der Waals surface area contributed by atoms with Crippen LogP contribution in [-0.4, -0.2) is 61.7 Å². The first-order chi connectivity index (χ1) is 16.5. The zero-order chi connectivity index (χ0) is 25.8. The molecule has 0 aliphatic carbocycles. The van der Waals surface area contributed by atoms with E-state index in [0.717, 1.165) is 25.3 Å². The highest BCUT2D eigenvalue weighted by molar-refractivity contribution is 5.84. The van der Waals surface area contributed by atoms with E-state index in [2.05, 4.69) is 0 Å². The highest BCUT2D eigenvalue weighted by atomic mass is 19.4. The molecule has 1 aromatic carbocycles. The standard InChI is InChI=1S/C24H25F3O8/c1-4-8-19(28)33-18-13-14(2)32-21(29)20-17(34-20)12-11-16(18)35-22(30)23(31-3,24(25,26)27)15-9-6-5-7-10-15/h4-12,14,16-18,20H,13H2,1-3H3/b8-4+,12-11+/t14-,16+,17?,18-,20?,23-/m1/s1. The van der Waals surface area contributed by atoms with Gasteiger partial charge in [0.05, 0.1) is 0 Å². The Morgan fingerprint density at radius 2 is 1.80 bits per heavy atom. The number of hydrogen-bond donors (Lipinski definition) is 0. The van der Waals surface area contributed by atoms with Gasteiger partial charge in [0.1, 0.15) is 18.3 Å². The summed E-state index contributed by atoms with van der Waals surface area (Å²) in [4.78, 5) is 37.4. The second-order valence-corrected chi connectivity index (χ2v) is 7.98. The molecule has 8 nitrogen and oxygen atoms in total. The van der Waals surface area contributed by atoms with Crippen molar-refractivity contribution in [3.05, 3.63) is 60.2 Å². The number of epoxide rings is 1. The normalized spacial score (nSPS) is 29.3. The Hall–Kier alpha value is -3.18. The minimum absolute atomic E-state index is 0.161. The van der Waals surface area contributed by atoms with Crippen LogP contribution in [0.3, 0.4) is 0 Å². The van der Waals surface area contributed by atoms with Gasteiger partial charge in [0, 0.05) is 25.2 Å². The van der Waals surface area contributed by atoms with Gasteiger partial charge in [0.2, 0.25) is 0 Å². The highest BCUT2D eigenvalue weighted by Gasteiger charge is 2.64. The van der Waals surface area contributed by atoms with E-state index in [1.165, 1.54) is 43.4 Å². The van der Waals surface area contributed by atoms with E-state index < -0.39 is 65.8 Å². The van der Waals surface area contributed by atoms with Crippen molar-refractivity contribution in [2.45, 2.75) is 62.6 Å². The Balaban J connectivity index is 2.00. The van der Waals surface area contributed by atoms with Crippen LogP contribution in [0.25, 0.3) is 0 Å². The Morgan fingerprint density at radius 3 is 2.40 bits per heavy atom. The lowest BCUT2D eigenvalue weighted by Crippen LogP contribution is -2.53. The van der Waals surface area contributed by atoms with Gasteiger partial charge in [-0.25, -0.2) is 14.4 Å². The van der Waals surface area contributed by atoms with Gasteiger partial charge in [-0.05, 0) is 19.9 Å². The number of ether oxygens (including phenoxy) is 5. The number of allylic oxidation sites excluding steroid dienone is 1. The number of carbonyl (C=O) groups is 3. The van der Waals surface area contributed by atoms with E-state index in [1.54, 1.807) is 6.92 Å². The molecule has 0 aromatic heterocycles. The summed E-state index contributed by atoms with van der Waals surface area (Å²) in [7, 11) is 0.749. The number of halogens is 3. The zero-order valence-electron chi connectivity index (χ0n) is 19.2. The van der Waals surface area contributed by atoms with Crippen LogP contribution >= 0.6 is 0 Å². The smallest absolute Gasteiger partial charge is 0.432 e. The molecule has 190 valence electrons. The van der Waals surface area contributed by atoms with Crippen LogP contribution in [0.4, 0.5) is 13.2 Å². The van der Waals surface area contributed by atoms with Crippen molar-refractivity contribution in [3.8, 4) is 0 Å². The summed E-state index contributed by atoms with van der Waals surface area (Å²) >= 11 is 0. The van der Waals surface area contributed by atoms with Gasteiger partial charge >= 0.3 is 24.1 Å². The van der Waals surface area contributed by atoms with Crippen LogP contribution in [0.5, 0.6) is 0 Å². The van der Waals surface area contributed by atoms with Crippen LogP contribution in [0, 0.1) is 0 Å². The average molecular weight is 498 g/mol. The summed E-state index contributed by atoms with van der Waals surface area (Å²) in [5, 5.41) is 0. The van der Waals surface area contributed by atoms with Crippen molar-refractivity contribution in [3.63, 3.8) is 0 Å². The lowest BCUT2D eigenvalue weighted by Gasteiger charge is -2.35. The Kier molecular flexibility index (Phi) is 8.01. The third kappa shape index (κ3) is 5.73. The van der Waals surface area contributed by atoms with Gasteiger partial charge in [0.25, 0.3) is 5.60 Å². The van der Waals surface area contributed by atoms with Gasteiger partial charge < -0.3 is 23.7 Å². The molecular formula is C24H25F3O8. The monoisotopic (exact) mass is 498 g/mol. The Bertz CT molecular complexity index is 990. The molecule has 0 radical (unpaired) electrons. The van der Waals surface area contributed by atoms with Crippen molar-refractivity contribution in [1.29, 1.82) is 0 Å². The quantitative estimate of drug-likeness (QED) is 0.194. The molecule has 11 heteroatoms. The Morgan fingerprint density at radius 1 is 1.11 bits per heavy atom. The topological polar surface area (TPSA) is 101 Å². The predicted molar refractivity (Wildman–Crippen MR) is 114 cm³/mol. The van der Waals surface area contributed by atoms with Crippen molar-refractivity contribution in [2.24, 2.45) is 0 Å². The minimum Gasteiger partial charge on any atom is -0.461 e. The van der Waals surface area contributed by atoms with Gasteiger partial charge in [-0.1, -0.05) is 42.5 Å². The van der Waals surface area contributed by atoms with Crippen molar-refractivity contribution in [2.75, 3.05) is 7.11 Å². The van der Waals surface area contributed by atoms with Crippen molar-refractivity contribution < 1.29 is 51.2 Å². The fourth-order valence-corrected chi connectivity index (χ4v) is 3.73. The summed E-state index contributed by atoms with van der Waals surface area (Å²) in [5.41, 5.74) is -3.93. The number of hydrogen-bond acceptors (Lipinski definition) is 8. The van der Waals surface area contributed by atoms with E-state index in [4.69, 9.17) is 23.7 Å². The van der Waals surface area contributed by atoms with E-state index in [9.17, 15) is 27.6 Å². The molecule has 1 aromatic rings. The van der Waals surface area contributed by atoms with E-state index >= 15 is 0 Å². The van der Waals surface area contributed by atoms with Crippen LogP contribution in [-0.2, 0) is 43.7 Å². The molecule has 1 fully saturated rings. The molecule has 6 atom stereocenters. The van der Waals surface area contributed by atoms with E-state index in [0.29, 0.717) is 0 Å². The summed E-state index contributed by atoms with van der Waals surface area (Å²) in [6.45, 7) is 3.08. The second kappa shape index (κ2) is 10.6. The second-order valence-electron chi connectivity index (χ2n) is 7.98. The van der Waals surface area contributed by atoms with Gasteiger partial charge in [-0.3, -0.25) is 0 Å². The first-order valence-electron chi connectivity index (χ1n) is 10.8. The third-order valence-electron chi connectivity index (χ3n) is 5.48. The highest BCUT2D eigenvalue weighted by Crippen LogP contribution is 2.43. The fraction of sp³-hybridized carbons (Fsp3) is 0.458. The Labute approximate surface area is 199 Å². The molecular weight excluding hydrogens is 473 g/mol.